The molecule has 3 heterocycles. The highest BCUT2D eigenvalue weighted by atomic mass is 32.2. The van der Waals surface area contributed by atoms with E-state index >= 15 is 0 Å². The van der Waals surface area contributed by atoms with Gasteiger partial charge in [-0.3, -0.25) is 4.79 Å². The lowest BCUT2D eigenvalue weighted by molar-refractivity contribution is -0.144. The number of nitrogens with one attached hydrogen (secondary N) is 1. The number of carbonyl (C=O) groups is 2. The number of hydrogen-bond donors (Lipinski definition) is 1. The van der Waals surface area contributed by atoms with Crippen LogP contribution in [0.3, 0.4) is 0 Å². The van der Waals surface area contributed by atoms with E-state index in [-0.39, 0.29) is 23.4 Å². The van der Waals surface area contributed by atoms with Crippen molar-refractivity contribution < 1.29 is 28.5 Å². The third kappa shape index (κ3) is 6.00. The summed E-state index contributed by atoms with van der Waals surface area (Å²) in [4.78, 5) is 28.4. The highest BCUT2D eigenvalue weighted by molar-refractivity contribution is 8.04. The third-order valence-electron chi connectivity index (χ3n) is 7.25. The summed E-state index contributed by atoms with van der Waals surface area (Å²) in [6, 6.07) is 9.44. The minimum atomic E-state index is -0.413. The molecule has 1 N–H and O–H groups in total. The largest absolute Gasteiger partial charge is 0.496 e. The zero-order valence-electron chi connectivity index (χ0n) is 23.7. The summed E-state index contributed by atoms with van der Waals surface area (Å²) in [5.74, 6) is 0.727. The predicted octanol–water partition coefficient (Wildman–Crippen LogP) is 6.25. The molecule has 0 aromatic heterocycles. The van der Waals surface area contributed by atoms with E-state index in [9.17, 15) is 9.59 Å². The van der Waals surface area contributed by atoms with Gasteiger partial charge in [-0.05, 0) is 68.4 Å². The third-order valence-corrected chi connectivity index (χ3v) is 8.46. The molecule has 8 nitrogen and oxygen atoms in total. The Morgan fingerprint density at radius 1 is 1.12 bits per heavy atom. The van der Waals surface area contributed by atoms with E-state index in [2.05, 4.69) is 44.3 Å². The summed E-state index contributed by atoms with van der Waals surface area (Å²) in [6.45, 7) is 10.5. The molecule has 212 valence electrons. The first-order chi connectivity index (χ1) is 19.1. The number of rotatable bonds is 6. The fourth-order valence-corrected chi connectivity index (χ4v) is 6.44. The Balaban J connectivity index is 1.48. The molecule has 40 heavy (non-hydrogen) atoms. The Morgan fingerprint density at radius 2 is 1.88 bits per heavy atom. The SMILES string of the molecule is COc1cc(OC(=O)N2CCOCC2)ccc1-c1ccc2c(c1COC(=O)C1CC=C(C)S1)C(C)=CC(C)(C)N2. The molecule has 0 spiro atoms. The quantitative estimate of drug-likeness (QED) is 0.412. The molecule has 0 saturated carbocycles. The van der Waals surface area contributed by atoms with Crippen molar-refractivity contribution >= 4 is 35.1 Å². The van der Waals surface area contributed by atoms with Gasteiger partial charge in [-0.15, -0.1) is 11.8 Å². The normalized spacial score (nSPS) is 19.6. The Hall–Kier alpha value is -3.43. The second kappa shape index (κ2) is 11.6. The molecule has 9 heteroatoms. The van der Waals surface area contributed by atoms with Gasteiger partial charge in [-0.2, -0.15) is 0 Å². The molecule has 1 amide bonds. The summed E-state index contributed by atoms with van der Waals surface area (Å²) < 4.78 is 22.7. The molecule has 0 radical (unpaired) electrons. The zero-order chi connectivity index (χ0) is 28.4. The van der Waals surface area contributed by atoms with E-state index in [1.54, 1.807) is 35.9 Å². The number of amides is 1. The van der Waals surface area contributed by atoms with Gasteiger partial charge in [0.05, 0.1) is 25.9 Å². The van der Waals surface area contributed by atoms with Crippen molar-refractivity contribution in [1.82, 2.24) is 4.90 Å². The van der Waals surface area contributed by atoms with Crippen LogP contribution in [0.2, 0.25) is 0 Å². The fourth-order valence-electron chi connectivity index (χ4n) is 5.44. The van der Waals surface area contributed by atoms with Gasteiger partial charge in [0.15, 0.2) is 0 Å². The number of anilines is 1. The summed E-state index contributed by atoms with van der Waals surface area (Å²) in [6.07, 6.45) is 4.53. The van der Waals surface area contributed by atoms with Crippen molar-refractivity contribution in [3.05, 3.63) is 58.5 Å². The molecule has 0 aliphatic carbocycles. The number of fused-ring (bicyclic) bond motifs is 1. The summed E-state index contributed by atoms with van der Waals surface area (Å²) >= 11 is 1.55. The Kier molecular flexibility index (Phi) is 8.14. The molecule has 1 saturated heterocycles. The van der Waals surface area contributed by atoms with Gasteiger partial charge in [0.2, 0.25) is 0 Å². The number of ether oxygens (including phenoxy) is 4. The Morgan fingerprint density at radius 3 is 2.58 bits per heavy atom. The number of morpholine rings is 1. The predicted molar refractivity (Wildman–Crippen MR) is 158 cm³/mol. The second-order valence-electron chi connectivity index (χ2n) is 10.8. The van der Waals surface area contributed by atoms with Gasteiger partial charge >= 0.3 is 12.1 Å². The summed E-state index contributed by atoms with van der Waals surface area (Å²) in [5, 5.41) is 3.38. The lowest BCUT2D eigenvalue weighted by atomic mass is 9.85. The molecule has 3 aliphatic heterocycles. The van der Waals surface area contributed by atoms with Crippen LogP contribution < -0.4 is 14.8 Å². The van der Waals surface area contributed by atoms with Crippen LogP contribution in [-0.4, -0.2) is 61.2 Å². The van der Waals surface area contributed by atoms with E-state index < -0.39 is 6.09 Å². The topological polar surface area (TPSA) is 86.3 Å². The van der Waals surface area contributed by atoms with Crippen LogP contribution in [-0.2, 0) is 20.9 Å². The first kappa shape index (κ1) is 28.1. The van der Waals surface area contributed by atoms with Crippen molar-refractivity contribution in [3.8, 4) is 22.6 Å². The maximum atomic E-state index is 13.0. The maximum absolute atomic E-state index is 13.0. The van der Waals surface area contributed by atoms with Gasteiger partial charge in [0.1, 0.15) is 23.4 Å². The Bertz CT molecular complexity index is 1380. The Labute approximate surface area is 239 Å². The standard InChI is InChI=1S/C31H36N2O6S/c1-19-17-31(3,4)32-25-10-9-22(24(28(19)25)18-38-29(34)27-11-6-20(2)40-27)23-8-7-21(16-26(23)36-5)39-30(35)33-12-14-37-15-13-33/h6-10,16-17,27,32H,11-15,18H2,1-5H3. The fraction of sp³-hybridized carbons (Fsp3) is 0.419. The average molecular weight is 565 g/mol. The molecular weight excluding hydrogens is 528 g/mol. The number of hydrogen-bond acceptors (Lipinski definition) is 8. The van der Waals surface area contributed by atoms with Crippen LogP contribution in [0.1, 0.15) is 45.2 Å². The van der Waals surface area contributed by atoms with E-state index in [0.29, 0.717) is 44.2 Å². The van der Waals surface area contributed by atoms with Crippen molar-refractivity contribution in [2.24, 2.45) is 0 Å². The van der Waals surface area contributed by atoms with Gasteiger partial charge < -0.3 is 29.2 Å². The smallest absolute Gasteiger partial charge is 0.415 e. The van der Waals surface area contributed by atoms with E-state index in [1.165, 1.54) is 0 Å². The molecule has 1 fully saturated rings. The first-order valence-corrected chi connectivity index (χ1v) is 14.4. The number of thioether (sulfide) groups is 1. The van der Waals surface area contributed by atoms with E-state index in [4.69, 9.17) is 18.9 Å². The molecule has 2 aromatic carbocycles. The minimum absolute atomic E-state index is 0.123. The molecule has 0 bridgehead atoms. The van der Waals surface area contributed by atoms with Crippen LogP contribution in [0.15, 0.2) is 47.4 Å². The molecule has 3 aliphatic rings. The maximum Gasteiger partial charge on any atom is 0.415 e. The van der Waals surface area contributed by atoms with Gasteiger partial charge in [0, 0.05) is 41.5 Å². The lowest BCUT2D eigenvalue weighted by Gasteiger charge is -2.33. The van der Waals surface area contributed by atoms with Crippen molar-refractivity contribution in [2.45, 2.75) is 51.5 Å². The number of allylic oxidation sites excluding steroid dienone is 3. The number of methoxy groups -OCH3 is 1. The molecule has 1 unspecified atom stereocenters. The lowest BCUT2D eigenvalue weighted by Crippen LogP contribution is -2.42. The highest BCUT2D eigenvalue weighted by Gasteiger charge is 2.29. The minimum Gasteiger partial charge on any atom is -0.496 e. The number of nitrogens with zero attached hydrogens (tertiary/aromatic N) is 1. The second-order valence-corrected chi connectivity index (χ2v) is 12.2. The van der Waals surface area contributed by atoms with Gasteiger partial charge in [-0.1, -0.05) is 18.2 Å². The molecule has 5 rings (SSSR count). The average Bonchev–Trinajstić information content (AvgIpc) is 3.37. The summed E-state index contributed by atoms with van der Waals surface area (Å²) in [7, 11) is 1.59. The van der Waals surface area contributed by atoms with Crippen LogP contribution in [0.25, 0.3) is 16.7 Å². The van der Waals surface area contributed by atoms with Crippen molar-refractivity contribution in [2.75, 3.05) is 38.7 Å². The van der Waals surface area contributed by atoms with Crippen LogP contribution in [0, 0.1) is 0 Å². The number of carbonyl (C=O) groups excluding carboxylic acids is 2. The van der Waals surface area contributed by atoms with Crippen LogP contribution in [0.4, 0.5) is 10.5 Å². The van der Waals surface area contributed by atoms with Gasteiger partial charge in [0.25, 0.3) is 0 Å². The summed E-state index contributed by atoms with van der Waals surface area (Å²) in [5.41, 5.74) is 5.50. The number of esters is 1. The van der Waals surface area contributed by atoms with Crippen molar-refractivity contribution in [1.29, 1.82) is 0 Å². The number of benzene rings is 2. The highest BCUT2D eigenvalue weighted by Crippen LogP contribution is 2.43. The first-order valence-electron chi connectivity index (χ1n) is 13.5. The van der Waals surface area contributed by atoms with Crippen LogP contribution >= 0.6 is 11.8 Å². The molecule has 2 aromatic rings. The van der Waals surface area contributed by atoms with E-state index in [0.717, 1.165) is 38.4 Å². The zero-order valence-corrected chi connectivity index (χ0v) is 24.5. The van der Waals surface area contributed by atoms with Crippen LogP contribution in [0.5, 0.6) is 11.5 Å². The van der Waals surface area contributed by atoms with Crippen molar-refractivity contribution in [3.63, 3.8) is 0 Å². The molecule has 1 atom stereocenters. The monoisotopic (exact) mass is 564 g/mol. The van der Waals surface area contributed by atoms with Gasteiger partial charge in [-0.25, -0.2) is 4.79 Å². The molecular formula is C31H36N2O6S. The van der Waals surface area contributed by atoms with E-state index in [1.807, 2.05) is 19.1 Å².